The number of nitrogens with zero attached hydrogens (tertiary/aromatic N) is 1. The second kappa shape index (κ2) is 6.80. The number of halogens is 4. The first-order valence-electron chi connectivity index (χ1n) is 6.55. The number of thiocarbonyl (C=S) groups is 1. The van der Waals surface area contributed by atoms with E-state index in [-0.39, 0.29) is 24.8 Å². The number of rotatable bonds is 2. The van der Waals surface area contributed by atoms with Gasteiger partial charge in [0.15, 0.2) is 4.32 Å². The molecule has 1 fully saturated rings. The van der Waals surface area contributed by atoms with Gasteiger partial charge in [-0.3, -0.25) is 9.69 Å². The van der Waals surface area contributed by atoms with Gasteiger partial charge in [-0.15, -0.1) is 0 Å². The SMILES string of the molecule is O=C1C(=Cc2c(F)cccc2Cl)SC(=S)N1c1ccc(F)c(Cl)c1. The average Bonchev–Trinajstić information content (AvgIpc) is 2.80. The van der Waals surface area contributed by atoms with Crippen molar-refractivity contribution >= 4 is 69.2 Å². The fraction of sp³-hybridized carbons (Fsp3) is 0. The minimum absolute atomic E-state index is 0.108. The Morgan fingerprint density at radius 1 is 1.08 bits per heavy atom. The van der Waals surface area contributed by atoms with Crippen molar-refractivity contribution in [2.75, 3.05) is 4.90 Å². The molecule has 0 saturated carbocycles. The van der Waals surface area contributed by atoms with E-state index in [9.17, 15) is 13.6 Å². The van der Waals surface area contributed by atoms with Gasteiger partial charge in [-0.1, -0.05) is 53.2 Å². The molecule has 122 valence electrons. The summed E-state index contributed by atoms with van der Waals surface area (Å²) in [6.07, 6.45) is 1.35. The summed E-state index contributed by atoms with van der Waals surface area (Å²) in [4.78, 5) is 14.0. The highest BCUT2D eigenvalue weighted by Crippen LogP contribution is 2.38. The Kier molecular flexibility index (Phi) is 4.92. The van der Waals surface area contributed by atoms with E-state index in [4.69, 9.17) is 35.4 Å². The lowest BCUT2D eigenvalue weighted by molar-refractivity contribution is -0.113. The molecular weight excluding hydrogens is 395 g/mol. The minimum atomic E-state index is -0.598. The van der Waals surface area contributed by atoms with Gasteiger partial charge < -0.3 is 0 Å². The van der Waals surface area contributed by atoms with Gasteiger partial charge in [-0.25, -0.2) is 8.78 Å². The Morgan fingerprint density at radius 3 is 2.50 bits per heavy atom. The fourth-order valence-electron chi connectivity index (χ4n) is 2.09. The topological polar surface area (TPSA) is 20.3 Å². The average molecular weight is 402 g/mol. The molecule has 1 amide bonds. The number of benzene rings is 2. The van der Waals surface area contributed by atoms with E-state index in [0.29, 0.717) is 5.69 Å². The summed E-state index contributed by atoms with van der Waals surface area (Å²) >= 11 is 17.9. The molecule has 1 saturated heterocycles. The van der Waals surface area contributed by atoms with Gasteiger partial charge in [0.05, 0.1) is 20.6 Å². The smallest absolute Gasteiger partial charge is 0.268 e. The number of hydrogen-bond acceptors (Lipinski definition) is 3. The Bertz CT molecular complexity index is 881. The molecule has 0 spiro atoms. The Morgan fingerprint density at radius 2 is 1.83 bits per heavy atom. The van der Waals surface area contributed by atoms with E-state index in [2.05, 4.69) is 0 Å². The number of carbonyl (C=O) groups excluding carboxylic acids is 1. The standard InChI is InChI=1S/C16H7Cl2F2NOS2/c17-10-2-1-3-12(19)9(10)7-14-15(22)21(16(23)24-14)8-4-5-13(20)11(18)6-8/h1-7H. The second-order valence-electron chi connectivity index (χ2n) is 4.75. The molecule has 0 N–H and O–H groups in total. The van der Waals surface area contributed by atoms with E-state index < -0.39 is 17.5 Å². The van der Waals surface area contributed by atoms with Crippen molar-refractivity contribution in [1.29, 1.82) is 0 Å². The van der Waals surface area contributed by atoms with Crippen molar-refractivity contribution in [1.82, 2.24) is 0 Å². The van der Waals surface area contributed by atoms with Crippen molar-refractivity contribution in [2.45, 2.75) is 0 Å². The zero-order valence-electron chi connectivity index (χ0n) is 11.7. The Balaban J connectivity index is 2.00. The predicted octanol–water partition coefficient (Wildman–Crippen LogP) is 5.68. The van der Waals surface area contributed by atoms with Crippen LogP contribution >= 0.6 is 47.2 Å². The van der Waals surface area contributed by atoms with Gasteiger partial charge in [0.1, 0.15) is 11.6 Å². The van der Waals surface area contributed by atoms with Crippen LogP contribution in [0.25, 0.3) is 6.08 Å². The van der Waals surface area contributed by atoms with Gasteiger partial charge in [-0.2, -0.15) is 0 Å². The van der Waals surface area contributed by atoms with Crippen molar-refractivity contribution in [3.05, 3.63) is 68.5 Å². The molecule has 0 bridgehead atoms. The third kappa shape index (κ3) is 3.19. The number of hydrogen-bond donors (Lipinski definition) is 0. The van der Waals surface area contributed by atoms with Crippen LogP contribution in [0.4, 0.5) is 14.5 Å². The van der Waals surface area contributed by atoms with Crippen LogP contribution in [0.1, 0.15) is 5.56 Å². The van der Waals surface area contributed by atoms with E-state index in [1.54, 1.807) is 0 Å². The molecule has 0 radical (unpaired) electrons. The molecule has 3 rings (SSSR count). The van der Waals surface area contributed by atoms with Crippen LogP contribution in [0, 0.1) is 11.6 Å². The van der Waals surface area contributed by atoms with Crippen LogP contribution in [0.5, 0.6) is 0 Å². The summed E-state index contributed by atoms with van der Waals surface area (Å²) in [7, 11) is 0. The lowest BCUT2D eigenvalue weighted by Crippen LogP contribution is -2.27. The highest BCUT2D eigenvalue weighted by atomic mass is 35.5. The number of amides is 1. The van der Waals surface area contributed by atoms with Crippen LogP contribution in [0.3, 0.4) is 0 Å². The van der Waals surface area contributed by atoms with E-state index >= 15 is 0 Å². The first kappa shape index (κ1) is 17.4. The van der Waals surface area contributed by atoms with Gasteiger partial charge >= 0.3 is 0 Å². The minimum Gasteiger partial charge on any atom is -0.268 e. The Hall–Kier alpha value is -1.47. The summed E-state index contributed by atoms with van der Waals surface area (Å²) in [6, 6.07) is 8.09. The van der Waals surface area contributed by atoms with Gasteiger partial charge in [0.2, 0.25) is 0 Å². The second-order valence-corrected chi connectivity index (χ2v) is 7.24. The van der Waals surface area contributed by atoms with Gasteiger partial charge in [-0.05, 0) is 36.4 Å². The van der Waals surface area contributed by atoms with Crippen LogP contribution in [-0.4, -0.2) is 10.2 Å². The lowest BCUT2D eigenvalue weighted by Gasteiger charge is -2.14. The molecule has 1 aliphatic rings. The van der Waals surface area contributed by atoms with Gasteiger partial charge in [0, 0.05) is 5.56 Å². The number of carbonyl (C=O) groups is 1. The van der Waals surface area contributed by atoms with Crippen LogP contribution in [-0.2, 0) is 4.79 Å². The first-order chi connectivity index (χ1) is 11.4. The Labute approximate surface area is 156 Å². The molecule has 8 heteroatoms. The molecule has 2 nitrogen and oxygen atoms in total. The van der Waals surface area contributed by atoms with E-state index in [1.165, 1.54) is 41.3 Å². The molecule has 1 heterocycles. The maximum atomic E-state index is 13.9. The normalized spacial score (nSPS) is 16.3. The summed E-state index contributed by atoms with van der Waals surface area (Å²) in [5.74, 6) is -1.59. The van der Waals surface area contributed by atoms with Crippen molar-refractivity contribution in [3.8, 4) is 0 Å². The third-order valence-electron chi connectivity index (χ3n) is 3.23. The first-order valence-corrected chi connectivity index (χ1v) is 8.53. The summed E-state index contributed by atoms with van der Waals surface area (Å²) < 4.78 is 27.4. The van der Waals surface area contributed by atoms with Crippen molar-refractivity contribution in [2.24, 2.45) is 0 Å². The van der Waals surface area contributed by atoms with Crippen molar-refractivity contribution < 1.29 is 13.6 Å². The summed E-state index contributed by atoms with van der Waals surface area (Å²) in [6.45, 7) is 0. The molecule has 2 aromatic carbocycles. The van der Waals surface area contributed by atoms with Crippen LogP contribution in [0.15, 0.2) is 41.3 Å². The zero-order valence-corrected chi connectivity index (χ0v) is 14.9. The quantitative estimate of drug-likeness (QED) is 0.476. The maximum absolute atomic E-state index is 13.9. The molecule has 0 unspecified atom stereocenters. The monoisotopic (exact) mass is 401 g/mol. The molecule has 1 aliphatic heterocycles. The molecule has 0 aromatic heterocycles. The highest BCUT2D eigenvalue weighted by Gasteiger charge is 2.34. The molecule has 0 atom stereocenters. The number of anilines is 1. The lowest BCUT2D eigenvalue weighted by atomic mass is 10.2. The largest absolute Gasteiger partial charge is 0.270 e. The van der Waals surface area contributed by atoms with Crippen molar-refractivity contribution in [3.63, 3.8) is 0 Å². The summed E-state index contributed by atoms with van der Waals surface area (Å²) in [5.41, 5.74) is 0.448. The maximum Gasteiger partial charge on any atom is 0.270 e. The fourth-order valence-corrected chi connectivity index (χ4v) is 3.77. The molecule has 0 aliphatic carbocycles. The van der Waals surface area contributed by atoms with E-state index in [0.717, 1.165) is 17.8 Å². The predicted molar refractivity (Wildman–Crippen MR) is 98.5 cm³/mol. The van der Waals surface area contributed by atoms with Gasteiger partial charge in [0.25, 0.3) is 5.91 Å². The summed E-state index contributed by atoms with van der Waals surface area (Å²) in [5, 5.41) is 0.0628. The van der Waals surface area contributed by atoms with Crippen LogP contribution < -0.4 is 4.90 Å². The molecule has 24 heavy (non-hydrogen) atoms. The molecular formula is C16H7Cl2F2NOS2. The number of thioether (sulfide) groups is 1. The van der Waals surface area contributed by atoms with Crippen LogP contribution in [0.2, 0.25) is 10.0 Å². The third-order valence-corrected chi connectivity index (χ3v) is 5.15. The van der Waals surface area contributed by atoms with E-state index in [1.807, 2.05) is 0 Å². The highest BCUT2D eigenvalue weighted by molar-refractivity contribution is 8.27. The zero-order chi connectivity index (χ0) is 17.4. The molecule has 2 aromatic rings.